The van der Waals surface area contributed by atoms with E-state index in [9.17, 15) is 23.6 Å². The predicted molar refractivity (Wildman–Crippen MR) is 170 cm³/mol. The second-order valence-electron chi connectivity index (χ2n) is 11.7. The van der Waals surface area contributed by atoms with Crippen molar-refractivity contribution in [3.05, 3.63) is 12.4 Å². The monoisotopic (exact) mass is 675 g/mol. The van der Waals surface area contributed by atoms with Gasteiger partial charge in [-0.1, -0.05) is 58.3 Å². The number of imidazole rings is 1. The molecular weight excluding hydrogens is 629 g/mol. The molecule has 3 heterocycles. The number of fused-ring (bicyclic) bond motifs is 1. The van der Waals surface area contributed by atoms with Crippen LogP contribution in [0.3, 0.4) is 0 Å². The van der Waals surface area contributed by atoms with Crippen LogP contribution in [0.2, 0.25) is 0 Å². The Morgan fingerprint density at radius 3 is 2.17 bits per heavy atom. The van der Waals surface area contributed by atoms with Gasteiger partial charge in [-0.3, -0.25) is 23.7 Å². The van der Waals surface area contributed by atoms with Crippen LogP contribution in [0.25, 0.3) is 11.2 Å². The molecule has 0 aliphatic carbocycles. The summed E-state index contributed by atoms with van der Waals surface area (Å²) >= 11 is 0. The van der Waals surface area contributed by atoms with Crippen LogP contribution in [0, 0.1) is 18.4 Å². The van der Waals surface area contributed by atoms with E-state index >= 15 is 0 Å². The summed E-state index contributed by atoms with van der Waals surface area (Å²) in [6.07, 6.45) is 12.2. The van der Waals surface area contributed by atoms with Crippen molar-refractivity contribution in [3.8, 4) is 12.3 Å². The average molecular weight is 676 g/mol. The normalized spacial score (nSPS) is 17.3. The molecule has 3 rings (SSSR count). The highest BCUT2D eigenvalue weighted by Crippen LogP contribution is 2.38. The van der Waals surface area contributed by atoms with Crippen molar-refractivity contribution in [1.29, 1.82) is 0 Å². The third kappa shape index (κ3) is 12.0. The van der Waals surface area contributed by atoms with Gasteiger partial charge in [-0.2, -0.15) is 14.4 Å². The number of halogens is 1. The number of carbonyl (C=O) groups is 4. The van der Waals surface area contributed by atoms with Crippen molar-refractivity contribution in [3.63, 3.8) is 0 Å². The minimum absolute atomic E-state index is 0.117. The van der Waals surface area contributed by atoms with E-state index in [0.717, 1.165) is 38.5 Å². The van der Waals surface area contributed by atoms with Crippen molar-refractivity contribution in [2.45, 2.75) is 122 Å². The third-order valence-corrected chi connectivity index (χ3v) is 7.78. The lowest BCUT2D eigenvalue weighted by Crippen LogP contribution is -2.34. The van der Waals surface area contributed by atoms with Crippen LogP contribution in [0.15, 0.2) is 6.33 Å². The molecule has 1 aliphatic heterocycles. The van der Waals surface area contributed by atoms with Gasteiger partial charge in [0, 0.05) is 12.8 Å². The van der Waals surface area contributed by atoms with Gasteiger partial charge < -0.3 is 29.4 Å². The van der Waals surface area contributed by atoms with Gasteiger partial charge in [0.1, 0.15) is 26.0 Å². The van der Waals surface area contributed by atoms with E-state index in [0.29, 0.717) is 25.7 Å². The molecule has 0 aromatic carbocycles. The summed E-state index contributed by atoms with van der Waals surface area (Å²) in [6, 6.07) is 0. The van der Waals surface area contributed by atoms with Gasteiger partial charge in [-0.05, 0) is 25.7 Å². The molecule has 2 atom stereocenters. The molecule has 1 aliphatic rings. The summed E-state index contributed by atoms with van der Waals surface area (Å²) < 4.78 is 42.6. The average Bonchev–Trinajstić information content (AvgIpc) is 3.69. The highest BCUT2D eigenvalue weighted by Gasteiger charge is 2.41. The van der Waals surface area contributed by atoms with Gasteiger partial charge in [0.25, 0.3) is 0 Å². The van der Waals surface area contributed by atoms with Crippen LogP contribution in [0.4, 0.5) is 10.2 Å². The minimum Gasteiger partial charge on any atom is -0.462 e. The number of ether oxygens (including phenoxy) is 5. The summed E-state index contributed by atoms with van der Waals surface area (Å²) in [5.74, 6) is 0.0484. The lowest BCUT2D eigenvalue weighted by Gasteiger charge is -2.23. The summed E-state index contributed by atoms with van der Waals surface area (Å²) in [4.78, 5) is 60.9. The zero-order chi connectivity index (χ0) is 34.9. The molecule has 0 spiro atoms. The second-order valence-corrected chi connectivity index (χ2v) is 11.7. The zero-order valence-corrected chi connectivity index (χ0v) is 27.7. The first-order valence-electron chi connectivity index (χ1n) is 16.6. The van der Waals surface area contributed by atoms with Crippen LogP contribution in [0.1, 0.15) is 110 Å². The Hall–Kier alpha value is -4.32. The highest BCUT2D eigenvalue weighted by molar-refractivity contribution is 5.81. The van der Waals surface area contributed by atoms with Crippen LogP contribution >= 0.6 is 0 Å². The molecular formula is C33H46FN5O9. The standard InChI is InChI=1S/C33H46FN5O9/c1-4-7-9-11-13-25(40)44-19-23(20-45-26(41)14-12-10-8-5-2)47-28(43)16-15-27(42)46-21-33(6-3)18-17-24(48-33)39-22-36-29-30(35)37-32(34)38-31(29)39/h3,22-24H,4-5,7-21H2,1-2H3,(H2,35,37,38)/t24-,33+/m1/s1. The fraction of sp³-hybridized carbons (Fsp3) is 0.667. The fourth-order valence-electron chi connectivity index (χ4n) is 5.05. The molecule has 0 unspecified atom stereocenters. The Bertz CT molecular complexity index is 1400. The van der Waals surface area contributed by atoms with E-state index in [4.69, 9.17) is 35.8 Å². The maximum absolute atomic E-state index is 13.8. The number of nitrogens with zero attached hydrogens (tertiary/aromatic N) is 4. The van der Waals surface area contributed by atoms with E-state index in [-0.39, 0.29) is 62.5 Å². The first-order valence-corrected chi connectivity index (χ1v) is 16.6. The van der Waals surface area contributed by atoms with Crippen LogP contribution in [-0.4, -0.2) is 74.9 Å². The Kier molecular flexibility index (Phi) is 15.5. The number of rotatable bonds is 21. The number of unbranched alkanes of at least 4 members (excludes halogenated alkanes) is 6. The molecule has 48 heavy (non-hydrogen) atoms. The number of anilines is 1. The van der Waals surface area contributed by atoms with E-state index in [2.05, 4.69) is 34.7 Å². The number of nitrogens with two attached hydrogens (primary N) is 1. The van der Waals surface area contributed by atoms with Gasteiger partial charge >= 0.3 is 30.0 Å². The van der Waals surface area contributed by atoms with Crippen molar-refractivity contribution < 1.29 is 47.3 Å². The summed E-state index contributed by atoms with van der Waals surface area (Å²) in [7, 11) is 0. The molecule has 0 bridgehead atoms. The van der Waals surface area contributed by atoms with E-state index < -0.39 is 47.9 Å². The number of carbonyl (C=O) groups excluding carboxylic acids is 4. The minimum atomic E-state index is -1.28. The van der Waals surface area contributed by atoms with Gasteiger partial charge in [-0.15, -0.1) is 6.42 Å². The maximum atomic E-state index is 13.8. The number of esters is 4. The van der Waals surface area contributed by atoms with Gasteiger partial charge in [0.05, 0.1) is 19.2 Å². The predicted octanol–water partition coefficient (Wildman–Crippen LogP) is 4.49. The fourth-order valence-corrected chi connectivity index (χ4v) is 5.05. The molecule has 2 N–H and O–H groups in total. The SMILES string of the molecule is C#C[C@@]1(COC(=O)CCC(=O)OC(COC(=O)CCCCCC)COC(=O)CCCCCC)CC[C@H](n2cnc3c(N)nc(F)nc32)O1. The van der Waals surface area contributed by atoms with Gasteiger partial charge in [0.2, 0.25) is 0 Å². The number of hydrogen-bond acceptors (Lipinski definition) is 13. The van der Waals surface area contributed by atoms with Crippen molar-refractivity contribution in [2.24, 2.45) is 0 Å². The number of hydrogen-bond donors (Lipinski definition) is 1. The number of aromatic nitrogens is 4. The smallest absolute Gasteiger partial charge is 0.312 e. The molecule has 2 aromatic heterocycles. The molecule has 0 radical (unpaired) electrons. The lowest BCUT2D eigenvalue weighted by molar-refractivity contribution is -0.168. The quantitative estimate of drug-likeness (QED) is 0.0642. The van der Waals surface area contributed by atoms with Gasteiger partial charge in [-0.25, -0.2) is 4.98 Å². The molecule has 1 fully saturated rings. The van der Waals surface area contributed by atoms with Crippen molar-refractivity contribution in [2.75, 3.05) is 25.6 Å². The molecule has 0 saturated carbocycles. The summed E-state index contributed by atoms with van der Waals surface area (Å²) in [6.45, 7) is 3.27. The van der Waals surface area contributed by atoms with E-state index in [1.807, 2.05) is 0 Å². The maximum Gasteiger partial charge on any atom is 0.312 e. The molecule has 264 valence electrons. The largest absolute Gasteiger partial charge is 0.462 e. The van der Waals surface area contributed by atoms with Crippen molar-refractivity contribution >= 4 is 40.9 Å². The van der Waals surface area contributed by atoms with Crippen LogP contribution in [-0.2, 0) is 42.9 Å². The number of nitrogen functional groups attached to an aromatic ring is 1. The first kappa shape index (κ1) is 38.1. The Morgan fingerprint density at radius 1 is 0.958 bits per heavy atom. The third-order valence-electron chi connectivity index (χ3n) is 7.78. The molecule has 15 heteroatoms. The molecule has 14 nitrogen and oxygen atoms in total. The summed E-state index contributed by atoms with van der Waals surface area (Å²) in [5, 5.41) is 0. The van der Waals surface area contributed by atoms with E-state index in [1.165, 1.54) is 10.9 Å². The van der Waals surface area contributed by atoms with Gasteiger partial charge in [0.15, 0.2) is 28.7 Å². The topological polar surface area (TPSA) is 184 Å². The van der Waals surface area contributed by atoms with E-state index in [1.54, 1.807) is 0 Å². The lowest BCUT2D eigenvalue weighted by atomic mass is 10.0. The Balaban J connectivity index is 1.47. The zero-order valence-electron chi connectivity index (χ0n) is 27.7. The highest BCUT2D eigenvalue weighted by atomic mass is 19.1. The molecule has 2 aromatic rings. The molecule has 1 saturated heterocycles. The van der Waals surface area contributed by atoms with Crippen LogP contribution in [0.5, 0.6) is 0 Å². The Labute approximate surface area is 279 Å². The van der Waals surface area contributed by atoms with Crippen LogP contribution < -0.4 is 5.73 Å². The Morgan fingerprint density at radius 2 is 1.56 bits per heavy atom. The van der Waals surface area contributed by atoms with Crippen molar-refractivity contribution in [1.82, 2.24) is 19.5 Å². The second kappa shape index (κ2) is 19.5. The first-order chi connectivity index (χ1) is 23.1. The number of terminal acetylenes is 1. The summed E-state index contributed by atoms with van der Waals surface area (Å²) in [5.41, 5.74) is 4.80. The molecule has 0 amide bonds.